The minimum Gasteiger partial charge on any atom is -0.491 e. The zero-order valence-corrected chi connectivity index (χ0v) is 18.4. The monoisotopic (exact) mass is 432 g/mol. The molecule has 2 aromatic heterocycles. The molecule has 2 N–H and O–H groups in total. The van der Waals surface area contributed by atoms with E-state index in [0.29, 0.717) is 16.6 Å². The number of aromatic amines is 1. The highest BCUT2D eigenvalue weighted by molar-refractivity contribution is 7.99. The van der Waals surface area contributed by atoms with Crippen LogP contribution in [0.25, 0.3) is 11.2 Å². The van der Waals surface area contributed by atoms with Gasteiger partial charge in [0.25, 0.3) is 5.56 Å². The number of nitrogens with one attached hydrogen (secondary N) is 1. The molecule has 0 bridgehead atoms. The average molecular weight is 433 g/mol. The minimum atomic E-state index is -0.851. The van der Waals surface area contributed by atoms with Crippen molar-refractivity contribution in [3.8, 4) is 5.75 Å². The standard InChI is InChI=1S/C21H28N4O4S/c1-4-6-11-30-21-22-18-17(19(27)23-20(28)24(18)3)25(21)12-15(26)13-29-16-9-7-14(5-2)8-10-16/h7-10,15,26H,4-6,11-13H2,1-3H3,(H,23,27,28)/t15-/m0/s1. The Kier molecular flexibility index (Phi) is 7.38. The first kappa shape index (κ1) is 22.2. The summed E-state index contributed by atoms with van der Waals surface area (Å²) in [5, 5.41) is 11.2. The molecule has 0 aliphatic rings. The molecule has 0 saturated heterocycles. The molecule has 8 nitrogen and oxygen atoms in total. The molecule has 0 aliphatic carbocycles. The summed E-state index contributed by atoms with van der Waals surface area (Å²) in [5.41, 5.74) is 0.785. The summed E-state index contributed by atoms with van der Waals surface area (Å²) in [7, 11) is 1.57. The number of unbranched alkanes of at least 4 members (excludes halogenated alkanes) is 1. The van der Waals surface area contributed by atoms with Crippen LogP contribution in [0.5, 0.6) is 5.75 Å². The zero-order chi connectivity index (χ0) is 21.7. The van der Waals surface area contributed by atoms with Crippen LogP contribution in [0, 0.1) is 0 Å². The van der Waals surface area contributed by atoms with Crippen molar-refractivity contribution in [1.29, 1.82) is 0 Å². The summed E-state index contributed by atoms with van der Waals surface area (Å²) in [6, 6.07) is 7.75. The van der Waals surface area contributed by atoms with Gasteiger partial charge in [0.15, 0.2) is 16.3 Å². The number of ether oxygens (including phenoxy) is 1. The Labute approximate surface area is 178 Å². The van der Waals surface area contributed by atoms with Gasteiger partial charge < -0.3 is 14.4 Å². The van der Waals surface area contributed by atoms with Gasteiger partial charge in [-0.25, -0.2) is 9.78 Å². The van der Waals surface area contributed by atoms with Gasteiger partial charge in [0.2, 0.25) is 0 Å². The largest absolute Gasteiger partial charge is 0.491 e. The SMILES string of the molecule is CCCCSc1nc2c(c(=O)[nH]c(=O)n2C)n1C[C@H](O)COc1ccc(CC)cc1. The number of imidazole rings is 1. The lowest BCUT2D eigenvalue weighted by atomic mass is 10.2. The smallest absolute Gasteiger partial charge is 0.329 e. The molecule has 0 spiro atoms. The average Bonchev–Trinajstić information content (AvgIpc) is 3.10. The number of aromatic nitrogens is 4. The van der Waals surface area contributed by atoms with Crippen LogP contribution in [0.4, 0.5) is 0 Å². The van der Waals surface area contributed by atoms with Gasteiger partial charge >= 0.3 is 5.69 Å². The molecule has 2 heterocycles. The van der Waals surface area contributed by atoms with Crippen LogP contribution < -0.4 is 16.0 Å². The van der Waals surface area contributed by atoms with E-state index in [2.05, 4.69) is 23.8 Å². The van der Waals surface area contributed by atoms with Crippen molar-refractivity contribution in [3.63, 3.8) is 0 Å². The van der Waals surface area contributed by atoms with E-state index >= 15 is 0 Å². The van der Waals surface area contributed by atoms with Crippen molar-refractivity contribution in [1.82, 2.24) is 19.1 Å². The minimum absolute atomic E-state index is 0.0773. The van der Waals surface area contributed by atoms with Crippen molar-refractivity contribution >= 4 is 22.9 Å². The Bertz CT molecular complexity index is 1100. The van der Waals surface area contributed by atoms with Gasteiger partial charge in [-0.3, -0.25) is 14.3 Å². The number of hydrogen-bond donors (Lipinski definition) is 2. The van der Waals surface area contributed by atoms with E-state index in [-0.39, 0.29) is 18.7 Å². The number of rotatable bonds is 10. The number of aryl methyl sites for hydroxylation is 2. The Balaban J connectivity index is 1.83. The fourth-order valence-corrected chi connectivity index (χ4v) is 4.17. The second-order valence-electron chi connectivity index (χ2n) is 7.16. The first-order chi connectivity index (χ1) is 14.4. The molecule has 0 amide bonds. The van der Waals surface area contributed by atoms with Gasteiger partial charge in [0.1, 0.15) is 18.5 Å². The summed E-state index contributed by atoms with van der Waals surface area (Å²) >= 11 is 1.51. The Morgan fingerprint density at radius 3 is 2.63 bits per heavy atom. The van der Waals surface area contributed by atoms with Crippen molar-refractivity contribution in [3.05, 3.63) is 50.7 Å². The summed E-state index contributed by atoms with van der Waals surface area (Å²) in [5.74, 6) is 1.52. The molecule has 1 atom stereocenters. The van der Waals surface area contributed by atoms with E-state index in [1.54, 1.807) is 11.6 Å². The molecule has 3 aromatic rings. The zero-order valence-electron chi connectivity index (χ0n) is 17.6. The number of thioether (sulfide) groups is 1. The predicted molar refractivity (Wildman–Crippen MR) is 119 cm³/mol. The third-order valence-electron chi connectivity index (χ3n) is 4.87. The Morgan fingerprint density at radius 1 is 1.23 bits per heavy atom. The lowest BCUT2D eigenvalue weighted by Gasteiger charge is -2.15. The molecule has 0 radical (unpaired) electrons. The van der Waals surface area contributed by atoms with Crippen LogP contribution in [-0.2, 0) is 20.0 Å². The van der Waals surface area contributed by atoms with E-state index in [1.165, 1.54) is 21.9 Å². The molecule has 0 fully saturated rings. The summed E-state index contributed by atoms with van der Waals surface area (Å²) < 4.78 is 8.71. The van der Waals surface area contributed by atoms with E-state index in [9.17, 15) is 14.7 Å². The lowest BCUT2D eigenvalue weighted by molar-refractivity contribution is 0.0913. The summed E-state index contributed by atoms with van der Waals surface area (Å²) in [6.07, 6.45) is 2.14. The van der Waals surface area contributed by atoms with Gasteiger partial charge in [-0.2, -0.15) is 0 Å². The second-order valence-corrected chi connectivity index (χ2v) is 8.22. The third kappa shape index (κ3) is 4.96. The van der Waals surface area contributed by atoms with Crippen LogP contribution in [0.15, 0.2) is 39.0 Å². The highest BCUT2D eigenvalue weighted by Gasteiger charge is 2.20. The van der Waals surface area contributed by atoms with Gasteiger partial charge in [0, 0.05) is 12.8 Å². The Morgan fingerprint density at radius 2 is 1.97 bits per heavy atom. The first-order valence-corrected chi connectivity index (χ1v) is 11.1. The summed E-state index contributed by atoms with van der Waals surface area (Å²) in [6.45, 7) is 4.40. The molecule has 1 aromatic carbocycles. The maximum atomic E-state index is 12.5. The van der Waals surface area contributed by atoms with Crippen molar-refractivity contribution < 1.29 is 9.84 Å². The topological polar surface area (TPSA) is 102 Å². The second kappa shape index (κ2) is 9.99. The molecule has 30 heavy (non-hydrogen) atoms. The van der Waals surface area contributed by atoms with Crippen LogP contribution in [0.3, 0.4) is 0 Å². The number of nitrogens with zero attached hydrogens (tertiary/aromatic N) is 3. The normalized spacial score (nSPS) is 12.4. The lowest BCUT2D eigenvalue weighted by Crippen LogP contribution is -2.30. The fraction of sp³-hybridized carbons (Fsp3) is 0.476. The molecule has 9 heteroatoms. The number of benzene rings is 1. The van der Waals surface area contributed by atoms with Crippen molar-refractivity contribution in [2.75, 3.05) is 12.4 Å². The van der Waals surface area contributed by atoms with Crippen LogP contribution >= 0.6 is 11.8 Å². The van der Waals surface area contributed by atoms with Crippen LogP contribution in [-0.4, -0.2) is 42.7 Å². The van der Waals surface area contributed by atoms with E-state index < -0.39 is 17.4 Å². The van der Waals surface area contributed by atoms with E-state index in [4.69, 9.17) is 4.74 Å². The van der Waals surface area contributed by atoms with Gasteiger partial charge in [-0.1, -0.05) is 44.2 Å². The molecule has 0 unspecified atom stereocenters. The maximum absolute atomic E-state index is 12.5. The quantitative estimate of drug-likeness (QED) is 0.377. The maximum Gasteiger partial charge on any atom is 0.329 e. The third-order valence-corrected chi connectivity index (χ3v) is 5.93. The molecule has 3 rings (SSSR count). The highest BCUT2D eigenvalue weighted by atomic mass is 32.2. The number of fused-ring (bicyclic) bond motifs is 1. The van der Waals surface area contributed by atoms with Gasteiger partial charge in [0.05, 0.1) is 6.54 Å². The summed E-state index contributed by atoms with van der Waals surface area (Å²) in [4.78, 5) is 31.3. The molecule has 162 valence electrons. The van der Waals surface area contributed by atoms with Crippen LogP contribution in [0.1, 0.15) is 32.3 Å². The molecular formula is C21H28N4O4S. The molecule has 0 saturated carbocycles. The van der Waals surface area contributed by atoms with Crippen molar-refractivity contribution in [2.45, 2.75) is 50.9 Å². The fourth-order valence-electron chi connectivity index (χ4n) is 3.08. The van der Waals surface area contributed by atoms with Gasteiger partial charge in [-0.15, -0.1) is 0 Å². The number of H-pyrrole nitrogens is 1. The van der Waals surface area contributed by atoms with E-state index in [1.807, 2.05) is 24.3 Å². The predicted octanol–water partition coefficient (Wildman–Crippen LogP) is 2.32. The molecule has 0 aliphatic heterocycles. The highest BCUT2D eigenvalue weighted by Crippen LogP contribution is 2.23. The number of aliphatic hydroxyl groups is 1. The van der Waals surface area contributed by atoms with Gasteiger partial charge in [-0.05, 0) is 30.5 Å². The Hall–Kier alpha value is -2.52. The van der Waals surface area contributed by atoms with Crippen molar-refractivity contribution in [2.24, 2.45) is 7.05 Å². The number of aliphatic hydroxyl groups excluding tert-OH is 1. The van der Waals surface area contributed by atoms with Crippen LogP contribution in [0.2, 0.25) is 0 Å². The first-order valence-electron chi connectivity index (χ1n) is 10.2. The van der Waals surface area contributed by atoms with E-state index in [0.717, 1.165) is 25.0 Å². The number of hydrogen-bond acceptors (Lipinski definition) is 6. The molecular weight excluding hydrogens is 404 g/mol.